The SMILES string of the molecule is CCOCC(NC(=O)NC1(CC(=O)O)CCC1)C(C)C. The first-order valence-electron chi connectivity index (χ1n) is 7.27. The molecule has 1 aliphatic rings. The van der Waals surface area contributed by atoms with Crippen LogP contribution in [0.15, 0.2) is 0 Å². The number of carboxylic acid groups (broad SMARTS) is 1. The highest BCUT2D eigenvalue weighted by atomic mass is 16.5. The Morgan fingerprint density at radius 2 is 2.00 bits per heavy atom. The summed E-state index contributed by atoms with van der Waals surface area (Å²) in [6.07, 6.45) is 2.40. The van der Waals surface area contributed by atoms with E-state index >= 15 is 0 Å². The van der Waals surface area contributed by atoms with Crippen molar-refractivity contribution in [2.24, 2.45) is 5.92 Å². The van der Waals surface area contributed by atoms with Crippen molar-refractivity contribution in [1.29, 1.82) is 0 Å². The predicted molar refractivity (Wildman–Crippen MR) is 75.6 cm³/mol. The fraction of sp³-hybridized carbons (Fsp3) is 0.857. The van der Waals surface area contributed by atoms with Crippen LogP contribution in [0.5, 0.6) is 0 Å². The fourth-order valence-corrected chi connectivity index (χ4v) is 2.33. The summed E-state index contributed by atoms with van der Waals surface area (Å²) in [6, 6.07) is -0.374. The number of hydrogen-bond acceptors (Lipinski definition) is 3. The van der Waals surface area contributed by atoms with Crippen LogP contribution >= 0.6 is 0 Å². The first-order valence-corrected chi connectivity index (χ1v) is 7.27. The smallest absolute Gasteiger partial charge is 0.315 e. The van der Waals surface area contributed by atoms with Gasteiger partial charge in [-0.3, -0.25) is 4.79 Å². The number of carbonyl (C=O) groups is 2. The van der Waals surface area contributed by atoms with Crippen molar-refractivity contribution in [2.45, 2.75) is 58.0 Å². The highest BCUT2D eigenvalue weighted by Gasteiger charge is 2.40. The Hall–Kier alpha value is -1.30. The number of hydrogen-bond donors (Lipinski definition) is 3. The zero-order chi connectivity index (χ0) is 15.2. The summed E-state index contributed by atoms with van der Waals surface area (Å²) in [7, 11) is 0. The molecule has 0 bridgehead atoms. The van der Waals surface area contributed by atoms with Gasteiger partial charge in [-0.1, -0.05) is 13.8 Å². The summed E-state index contributed by atoms with van der Waals surface area (Å²) in [6.45, 7) is 7.01. The van der Waals surface area contributed by atoms with Gasteiger partial charge in [-0.2, -0.15) is 0 Å². The molecule has 0 aromatic rings. The topological polar surface area (TPSA) is 87.7 Å². The van der Waals surface area contributed by atoms with Gasteiger partial charge in [0.2, 0.25) is 0 Å². The van der Waals surface area contributed by atoms with Crippen molar-refractivity contribution in [3.05, 3.63) is 0 Å². The Bertz CT molecular complexity index is 340. The van der Waals surface area contributed by atoms with Crippen LogP contribution in [0.3, 0.4) is 0 Å². The van der Waals surface area contributed by atoms with E-state index in [1.54, 1.807) is 0 Å². The van der Waals surface area contributed by atoms with Gasteiger partial charge >= 0.3 is 12.0 Å². The predicted octanol–water partition coefficient (Wildman–Crippen LogP) is 1.74. The maximum absolute atomic E-state index is 12.0. The second-order valence-electron chi connectivity index (χ2n) is 5.81. The highest BCUT2D eigenvalue weighted by molar-refractivity contribution is 5.77. The van der Waals surface area contributed by atoms with Gasteiger partial charge in [-0.15, -0.1) is 0 Å². The van der Waals surface area contributed by atoms with Crippen molar-refractivity contribution in [1.82, 2.24) is 10.6 Å². The second-order valence-corrected chi connectivity index (χ2v) is 5.81. The lowest BCUT2D eigenvalue weighted by molar-refractivity contribution is -0.139. The first kappa shape index (κ1) is 16.8. The van der Waals surface area contributed by atoms with Crippen LogP contribution in [-0.4, -0.2) is 41.9 Å². The number of rotatable bonds is 8. The number of urea groups is 1. The van der Waals surface area contributed by atoms with Crippen molar-refractivity contribution < 1.29 is 19.4 Å². The second kappa shape index (κ2) is 7.47. The summed E-state index contributed by atoms with van der Waals surface area (Å²) < 4.78 is 5.36. The summed E-state index contributed by atoms with van der Waals surface area (Å²) >= 11 is 0. The Kier molecular flexibility index (Phi) is 6.26. The number of carboxylic acids is 1. The molecule has 0 radical (unpaired) electrons. The van der Waals surface area contributed by atoms with Crippen LogP contribution in [-0.2, 0) is 9.53 Å². The zero-order valence-electron chi connectivity index (χ0n) is 12.6. The third-order valence-electron chi connectivity index (χ3n) is 3.80. The van der Waals surface area contributed by atoms with Crippen molar-refractivity contribution >= 4 is 12.0 Å². The maximum Gasteiger partial charge on any atom is 0.315 e. The standard InChI is InChI=1S/C14H26N2O4/c1-4-20-9-11(10(2)3)15-13(19)16-14(6-5-7-14)8-12(17)18/h10-11H,4-9H2,1-3H3,(H,17,18)(H2,15,16,19). The lowest BCUT2D eigenvalue weighted by Crippen LogP contribution is -2.59. The van der Waals surface area contributed by atoms with Crippen molar-refractivity contribution in [3.8, 4) is 0 Å². The van der Waals surface area contributed by atoms with E-state index in [1.807, 2.05) is 20.8 Å². The average Bonchev–Trinajstić information content (AvgIpc) is 2.30. The summed E-state index contributed by atoms with van der Waals surface area (Å²) in [5, 5.41) is 14.6. The van der Waals surface area contributed by atoms with Gasteiger partial charge in [0.1, 0.15) is 0 Å². The number of carbonyl (C=O) groups excluding carboxylic acids is 1. The molecule has 0 saturated heterocycles. The molecule has 0 aromatic heterocycles. The van der Waals surface area contributed by atoms with E-state index in [2.05, 4.69) is 10.6 Å². The van der Waals surface area contributed by atoms with E-state index in [9.17, 15) is 9.59 Å². The monoisotopic (exact) mass is 286 g/mol. The largest absolute Gasteiger partial charge is 0.481 e. The molecule has 1 rings (SSSR count). The molecular formula is C14H26N2O4. The molecule has 1 atom stereocenters. The summed E-state index contributed by atoms with van der Waals surface area (Å²) in [5.41, 5.74) is -0.566. The lowest BCUT2D eigenvalue weighted by atomic mass is 9.74. The normalized spacial score (nSPS) is 18.2. The van der Waals surface area contributed by atoms with Gasteiger partial charge < -0.3 is 20.5 Å². The molecular weight excluding hydrogens is 260 g/mol. The summed E-state index contributed by atoms with van der Waals surface area (Å²) in [5.74, 6) is -0.621. The molecule has 3 N–H and O–H groups in total. The molecule has 0 spiro atoms. The number of amides is 2. The van der Waals surface area contributed by atoms with Crippen molar-refractivity contribution in [3.63, 3.8) is 0 Å². The van der Waals surface area contributed by atoms with Gasteiger partial charge in [0.05, 0.1) is 24.6 Å². The molecule has 1 unspecified atom stereocenters. The van der Waals surface area contributed by atoms with Crippen LogP contribution in [0.2, 0.25) is 0 Å². The Balaban J connectivity index is 2.49. The molecule has 20 heavy (non-hydrogen) atoms. The van der Waals surface area contributed by atoms with Crippen LogP contribution in [0.1, 0.15) is 46.5 Å². The third kappa shape index (κ3) is 5.00. The van der Waals surface area contributed by atoms with Gasteiger partial charge in [0.15, 0.2) is 0 Å². The van der Waals surface area contributed by atoms with E-state index in [4.69, 9.17) is 9.84 Å². The molecule has 6 nitrogen and oxygen atoms in total. The number of nitrogens with one attached hydrogen (secondary N) is 2. The number of aliphatic carboxylic acids is 1. The third-order valence-corrected chi connectivity index (χ3v) is 3.80. The zero-order valence-corrected chi connectivity index (χ0v) is 12.6. The average molecular weight is 286 g/mol. The maximum atomic E-state index is 12.0. The van der Waals surface area contributed by atoms with E-state index in [1.165, 1.54) is 0 Å². The fourth-order valence-electron chi connectivity index (χ4n) is 2.33. The molecule has 6 heteroatoms. The first-order chi connectivity index (χ1) is 9.38. The van der Waals surface area contributed by atoms with E-state index in [0.29, 0.717) is 13.2 Å². The quantitative estimate of drug-likeness (QED) is 0.634. The van der Waals surface area contributed by atoms with Gasteiger partial charge in [0, 0.05) is 6.61 Å². The van der Waals surface area contributed by atoms with Crippen molar-refractivity contribution in [2.75, 3.05) is 13.2 Å². The van der Waals surface area contributed by atoms with Gasteiger partial charge in [-0.25, -0.2) is 4.79 Å². The minimum absolute atomic E-state index is 0.0156. The van der Waals surface area contributed by atoms with Crippen LogP contribution in [0.25, 0.3) is 0 Å². The van der Waals surface area contributed by atoms with Crippen LogP contribution in [0.4, 0.5) is 4.79 Å². The molecule has 1 aliphatic carbocycles. The Labute approximate surface area is 120 Å². The molecule has 0 aromatic carbocycles. The van der Waals surface area contributed by atoms with E-state index < -0.39 is 11.5 Å². The lowest BCUT2D eigenvalue weighted by Gasteiger charge is -2.41. The number of ether oxygens (including phenoxy) is 1. The molecule has 1 fully saturated rings. The van der Waals surface area contributed by atoms with Gasteiger partial charge in [-0.05, 0) is 32.1 Å². The molecule has 116 valence electrons. The minimum Gasteiger partial charge on any atom is -0.481 e. The molecule has 0 heterocycles. The molecule has 0 aliphatic heterocycles. The van der Waals surface area contributed by atoms with E-state index in [0.717, 1.165) is 19.3 Å². The van der Waals surface area contributed by atoms with Crippen LogP contribution in [0, 0.1) is 5.92 Å². The van der Waals surface area contributed by atoms with E-state index in [-0.39, 0.29) is 24.4 Å². The molecule has 1 saturated carbocycles. The van der Waals surface area contributed by atoms with Crippen LogP contribution < -0.4 is 10.6 Å². The highest BCUT2D eigenvalue weighted by Crippen LogP contribution is 2.34. The Morgan fingerprint density at radius 3 is 2.40 bits per heavy atom. The molecule has 2 amide bonds. The van der Waals surface area contributed by atoms with Gasteiger partial charge in [0.25, 0.3) is 0 Å². The minimum atomic E-state index is -0.875. The summed E-state index contributed by atoms with van der Waals surface area (Å²) in [4.78, 5) is 22.9. The Morgan fingerprint density at radius 1 is 1.35 bits per heavy atom.